The predicted octanol–water partition coefficient (Wildman–Crippen LogP) is 4.09. The third kappa shape index (κ3) is 5.79. The summed E-state index contributed by atoms with van der Waals surface area (Å²) in [6.45, 7) is 0.153. The molecule has 2 N–H and O–H groups in total. The van der Waals surface area contributed by atoms with E-state index in [4.69, 9.17) is 23.2 Å². The smallest absolute Gasteiger partial charge is 0.253 e. The number of halogens is 2. The van der Waals surface area contributed by atoms with Crippen molar-refractivity contribution in [3.8, 4) is 0 Å². The van der Waals surface area contributed by atoms with Gasteiger partial charge in [0.15, 0.2) is 0 Å². The number of amides is 2. The van der Waals surface area contributed by atoms with E-state index in [0.29, 0.717) is 11.6 Å². The van der Waals surface area contributed by atoms with Gasteiger partial charge in [-0.25, -0.2) is 4.98 Å². The Kier molecular flexibility index (Phi) is 7.03. The monoisotopic (exact) mass is 433 g/mol. The van der Waals surface area contributed by atoms with Gasteiger partial charge < -0.3 is 10.6 Å². The SMILES string of the molecule is O=C(CNC(=O)c1ccc(Cl)cc1Cl)NCc1csc(Cc2ccccc2)n1. The molecule has 5 nitrogen and oxygen atoms in total. The minimum Gasteiger partial charge on any atom is -0.349 e. The average molecular weight is 434 g/mol. The summed E-state index contributed by atoms with van der Waals surface area (Å²) in [7, 11) is 0. The van der Waals surface area contributed by atoms with Gasteiger partial charge in [0, 0.05) is 16.8 Å². The Morgan fingerprint density at radius 2 is 1.82 bits per heavy atom. The fraction of sp³-hybridized carbons (Fsp3) is 0.150. The van der Waals surface area contributed by atoms with E-state index in [9.17, 15) is 9.59 Å². The molecular weight excluding hydrogens is 417 g/mol. The minimum atomic E-state index is -0.435. The number of rotatable bonds is 7. The lowest BCUT2D eigenvalue weighted by Crippen LogP contribution is -2.36. The molecule has 0 aliphatic rings. The summed E-state index contributed by atoms with van der Waals surface area (Å²) in [5, 5.41) is 8.86. The zero-order valence-corrected chi connectivity index (χ0v) is 17.1. The van der Waals surface area contributed by atoms with Crippen molar-refractivity contribution in [2.75, 3.05) is 6.54 Å². The molecule has 0 radical (unpaired) electrons. The molecule has 3 aromatic rings. The fourth-order valence-corrected chi connectivity index (χ4v) is 3.79. The zero-order valence-electron chi connectivity index (χ0n) is 14.7. The van der Waals surface area contributed by atoms with Gasteiger partial charge in [-0.15, -0.1) is 11.3 Å². The first-order chi connectivity index (χ1) is 13.5. The van der Waals surface area contributed by atoms with Gasteiger partial charge in [0.1, 0.15) is 0 Å². The highest BCUT2D eigenvalue weighted by Gasteiger charge is 2.12. The summed E-state index contributed by atoms with van der Waals surface area (Å²) in [6.07, 6.45) is 0.761. The lowest BCUT2D eigenvalue weighted by molar-refractivity contribution is -0.120. The summed E-state index contributed by atoms with van der Waals surface area (Å²) < 4.78 is 0. The Morgan fingerprint density at radius 1 is 1.04 bits per heavy atom. The Bertz CT molecular complexity index is 977. The van der Waals surface area contributed by atoms with Crippen molar-refractivity contribution in [1.82, 2.24) is 15.6 Å². The molecule has 0 bridgehead atoms. The highest BCUT2D eigenvalue weighted by atomic mass is 35.5. The molecule has 2 amide bonds. The lowest BCUT2D eigenvalue weighted by atomic mass is 10.2. The third-order valence-corrected chi connectivity index (χ3v) is 5.29. The van der Waals surface area contributed by atoms with Gasteiger partial charge >= 0.3 is 0 Å². The van der Waals surface area contributed by atoms with Crippen molar-refractivity contribution in [3.05, 3.63) is 85.8 Å². The summed E-state index contributed by atoms with van der Waals surface area (Å²) in [5.74, 6) is -0.744. The van der Waals surface area contributed by atoms with Crippen LogP contribution in [-0.2, 0) is 17.8 Å². The average Bonchev–Trinajstić information content (AvgIpc) is 3.12. The zero-order chi connectivity index (χ0) is 19.9. The van der Waals surface area contributed by atoms with E-state index in [2.05, 4.69) is 27.8 Å². The van der Waals surface area contributed by atoms with Crippen LogP contribution in [0.4, 0.5) is 0 Å². The van der Waals surface area contributed by atoms with Crippen LogP contribution in [0.5, 0.6) is 0 Å². The van der Waals surface area contributed by atoms with E-state index >= 15 is 0 Å². The summed E-state index contributed by atoms with van der Waals surface area (Å²) in [6, 6.07) is 14.6. The van der Waals surface area contributed by atoms with Gasteiger partial charge in [-0.2, -0.15) is 0 Å². The number of hydrogen-bond donors (Lipinski definition) is 2. The number of carbonyl (C=O) groups excluding carboxylic acids is 2. The fourth-order valence-electron chi connectivity index (χ4n) is 2.46. The van der Waals surface area contributed by atoms with E-state index in [1.54, 1.807) is 17.4 Å². The first-order valence-electron chi connectivity index (χ1n) is 8.48. The van der Waals surface area contributed by atoms with Gasteiger partial charge in [-0.05, 0) is 23.8 Å². The molecule has 144 valence electrons. The highest BCUT2D eigenvalue weighted by Crippen LogP contribution is 2.20. The Balaban J connectivity index is 1.45. The van der Waals surface area contributed by atoms with Crippen molar-refractivity contribution in [2.45, 2.75) is 13.0 Å². The molecule has 2 aromatic carbocycles. The molecule has 0 aliphatic heterocycles. The number of carbonyl (C=O) groups is 2. The molecule has 1 heterocycles. The maximum Gasteiger partial charge on any atom is 0.253 e. The standard InChI is InChI=1S/C20H17Cl2N3O2S/c21-14-6-7-16(17(22)9-14)20(27)24-11-18(26)23-10-15-12-28-19(25-15)8-13-4-2-1-3-5-13/h1-7,9,12H,8,10-11H2,(H,23,26)(H,24,27). The van der Waals surface area contributed by atoms with Crippen LogP contribution in [0.25, 0.3) is 0 Å². The van der Waals surface area contributed by atoms with Crippen LogP contribution in [0, 0.1) is 0 Å². The van der Waals surface area contributed by atoms with Gasteiger partial charge in [-0.3, -0.25) is 9.59 Å². The van der Waals surface area contributed by atoms with E-state index in [1.165, 1.54) is 17.7 Å². The Labute approximate surface area is 176 Å². The lowest BCUT2D eigenvalue weighted by Gasteiger charge is -2.07. The topological polar surface area (TPSA) is 71.1 Å². The molecule has 0 spiro atoms. The summed E-state index contributed by atoms with van der Waals surface area (Å²) in [5.41, 5.74) is 2.25. The molecule has 0 saturated carbocycles. The quantitative estimate of drug-likeness (QED) is 0.589. The van der Waals surface area contributed by atoms with E-state index < -0.39 is 5.91 Å². The molecular formula is C20H17Cl2N3O2S. The predicted molar refractivity (Wildman–Crippen MR) is 112 cm³/mol. The maximum atomic E-state index is 12.1. The van der Waals surface area contributed by atoms with Crippen LogP contribution < -0.4 is 10.6 Å². The first kappa shape index (κ1) is 20.3. The molecule has 0 aliphatic carbocycles. The second kappa shape index (κ2) is 9.68. The van der Waals surface area contributed by atoms with Crippen molar-refractivity contribution in [2.24, 2.45) is 0 Å². The van der Waals surface area contributed by atoms with Gasteiger partial charge in [0.2, 0.25) is 5.91 Å². The minimum absolute atomic E-state index is 0.154. The van der Waals surface area contributed by atoms with Crippen LogP contribution >= 0.6 is 34.5 Å². The van der Waals surface area contributed by atoms with Crippen molar-refractivity contribution < 1.29 is 9.59 Å². The van der Waals surface area contributed by atoms with Crippen LogP contribution in [0.2, 0.25) is 10.0 Å². The number of nitrogens with one attached hydrogen (secondary N) is 2. The maximum absolute atomic E-state index is 12.1. The van der Waals surface area contributed by atoms with E-state index in [-0.39, 0.29) is 23.0 Å². The number of thiazole rings is 1. The molecule has 0 unspecified atom stereocenters. The van der Waals surface area contributed by atoms with Gasteiger partial charge in [-0.1, -0.05) is 53.5 Å². The van der Waals surface area contributed by atoms with Crippen molar-refractivity contribution in [1.29, 1.82) is 0 Å². The van der Waals surface area contributed by atoms with Crippen LogP contribution in [0.1, 0.15) is 26.6 Å². The van der Waals surface area contributed by atoms with Gasteiger partial charge in [0.25, 0.3) is 5.91 Å². The second-order valence-corrected chi connectivity index (χ2v) is 7.76. The number of hydrogen-bond acceptors (Lipinski definition) is 4. The Hall–Kier alpha value is -2.41. The molecule has 8 heteroatoms. The molecule has 1 aromatic heterocycles. The Morgan fingerprint density at radius 3 is 2.57 bits per heavy atom. The van der Waals surface area contributed by atoms with Crippen LogP contribution in [0.3, 0.4) is 0 Å². The highest BCUT2D eigenvalue weighted by molar-refractivity contribution is 7.09. The van der Waals surface area contributed by atoms with Crippen LogP contribution in [0.15, 0.2) is 53.9 Å². The van der Waals surface area contributed by atoms with Crippen molar-refractivity contribution >= 4 is 46.4 Å². The summed E-state index contributed by atoms with van der Waals surface area (Å²) >= 11 is 13.4. The van der Waals surface area contributed by atoms with E-state index in [1.807, 2.05) is 23.6 Å². The molecule has 0 saturated heterocycles. The number of nitrogens with zero attached hydrogens (tertiary/aromatic N) is 1. The summed E-state index contributed by atoms with van der Waals surface area (Å²) in [4.78, 5) is 28.6. The van der Waals surface area contributed by atoms with Crippen LogP contribution in [-0.4, -0.2) is 23.3 Å². The normalized spacial score (nSPS) is 10.5. The second-order valence-electron chi connectivity index (χ2n) is 5.98. The molecule has 0 fully saturated rings. The van der Waals surface area contributed by atoms with Crippen molar-refractivity contribution in [3.63, 3.8) is 0 Å². The largest absolute Gasteiger partial charge is 0.349 e. The first-order valence-corrected chi connectivity index (χ1v) is 10.1. The number of benzene rings is 2. The van der Waals surface area contributed by atoms with Gasteiger partial charge in [0.05, 0.1) is 34.4 Å². The molecule has 0 atom stereocenters. The molecule has 28 heavy (non-hydrogen) atoms. The van der Waals surface area contributed by atoms with E-state index in [0.717, 1.165) is 17.1 Å². The molecule has 3 rings (SSSR count). The third-order valence-electron chi connectivity index (χ3n) is 3.85. The number of aromatic nitrogens is 1.